The molecule has 0 fully saturated rings. The lowest BCUT2D eigenvalue weighted by Crippen LogP contribution is -2.43. The fourth-order valence-corrected chi connectivity index (χ4v) is 1.99. The molecule has 0 saturated heterocycles. The minimum atomic E-state index is -1.07. The second-order valence-corrected chi connectivity index (χ2v) is 5.80. The van der Waals surface area contributed by atoms with Gasteiger partial charge in [0.1, 0.15) is 5.69 Å². The van der Waals surface area contributed by atoms with Crippen LogP contribution in [-0.4, -0.2) is 33.3 Å². The number of hydrogen-bond acceptors (Lipinski definition) is 4. The van der Waals surface area contributed by atoms with E-state index < -0.39 is 5.97 Å². The zero-order valence-electron chi connectivity index (χ0n) is 11.3. The van der Waals surface area contributed by atoms with E-state index in [2.05, 4.69) is 10.3 Å². The average Bonchev–Trinajstić information content (AvgIpc) is 2.36. The van der Waals surface area contributed by atoms with E-state index >= 15 is 0 Å². The normalized spacial score (nSPS) is 11.1. The maximum atomic E-state index is 11.7. The summed E-state index contributed by atoms with van der Waals surface area (Å²) >= 11 is 1.30. The lowest BCUT2D eigenvalue weighted by molar-refractivity contribution is -0.120. The minimum absolute atomic E-state index is 0.0145. The number of carboxylic acids is 1. The standard InChI is InChI=1S/C13H18N2O3S/c1-4-13(2,3)15-11(16)8-19-9-5-6-14-10(7-9)12(17)18/h5-7H,4,8H2,1-3H3,(H,15,16)(H,17,18). The van der Waals surface area contributed by atoms with Gasteiger partial charge in [-0.15, -0.1) is 11.8 Å². The van der Waals surface area contributed by atoms with Crippen LogP contribution in [0.1, 0.15) is 37.7 Å². The second-order valence-electron chi connectivity index (χ2n) is 4.76. The van der Waals surface area contributed by atoms with Crippen molar-refractivity contribution in [3.8, 4) is 0 Å². The summed E-state index contributed by atoms with van der Waals surface area (Å²) in [6.07, 6.45) is 2.28. The smallest absolute Gasteiger partial charge is 0.354 e. The highest BCUT2D eigenvalue weighted by Gasteiger charge is 2.17. The molecular weight excluding hydrogens is 264 g/mol. The molecule has 0 bridgehead atoms. The number of hydrogen-bond donors (Lipinski definition) is 2. The number of aromatic carboxylic acids is 1. The maximum absolute atomic E-state index is 11.7. The molecule has 0 aliphatic rings. The molecule has 1 rings (SSSR count). The summed E-state index contributed by atoms with van der Waals surface area (Å²) in [5.41, 5.74) is -0.235. The van der Waals surface area contributed by atoms with Gasteiger partial charge in [-0.25, -0.2) is 9.78 Å². The number of aromatic nitrogens is 1. The van der Waals surface area contributed by atoms with E-state index in [0.29, 0.717) is 0 Å². The third-order valence-corrected chi connectivity index (χ3v) is 3.68. The molecule has 0 spiro atoms. The molecule has 1 aromatic rings. The highest BCUT2D eigenvalue weighted by Crippen LogP contribution is 2.18. The Morgan fingerprint density at radius 1 is 1.47 bits per heavy atom. The van der Waals surface area contributed by atoms with Gasteiger partial charge in [-0.3, -0.25) is 4.79 Å². The number of nitrogens with one attached hydrogen (secondary N) is 1. The third-order valence-electron chi connectivity index (χ3n) is 2.68. The molecule has 0 atom stereocenters. The summed E-state index contributed by atoms with van der Waals surface area (Å²) in [6, 6.07) is 3.15. The maximum Gasteiger partial charge on any atom is 0.354 e. The van der Waals surface area contributed by atoms with Crippen LogP contribution in [0.15, 0.2) is 23.2 Å². The molecule has 0 saturated carbocycles. The first kappa shape index (κ1) is 15.5. The molecule has 0 unspecified atom stereocenters. The van der Waals surface area contributed by atoms with Crippen LogP contribution in [-0.2, 0) is 4.79 Å². The van der Waals surface area contributed by atoms with Crippen molar-refractivity contribution >= 4 is 23.6 Å². The molecule has 0 radical (unpaired) electrons. The lowest BCUT2D eigenvalue weighted by Gasteiger charge is -2.24. The Kier molecular flexibility index (Phi) is 5.35. The summed E-state index contributed by atoms with van der Waals surface area (Å²) in [7, 11) is 0. The first-order valence-corrected chi connectivity index (χ1v) is 6.96. The largest absolute Gasteiger partial charge is 0.477 e. The van der Waals surface area contributed by atoms with Crippen molar-refractivity contribution in [2.45, 2.75) is 37.6 Å². The van der Waals surface area contributed by atoms with Crippen LogP contribution in [0.5, 0.6) is 0 Å². The first-order chi connectivity index (χ1) is 8.84. The van der Waals surface area contributed by atoms with Gasteiger partial charge in [-0.1, -0.05) is 6.92 Å². The molecule has 19 heavy (non-hydrogen) atoms. The highest BCUT2D eigenvalue weighted by atomic mass is 32.2. The van der Waals surface area contributed by atoms with Crippen LogP contribution in [0.2, 0.25) is 0 Å². The monoisotopic (exact) mass is 282 g/mol. The van der Waals surface area contributed by atoms with Crippen LogP contribution >= 0.6 is 11.8 Å². The van der Waals surface area contributed by atoms with Crippen LogP contribution in [0, 0.1) is 0 Å². The van der Waals surface area contributed by atoms with Gasteiger partial charge in [0.2, 0.25) is 5.91 Å². The third kappa shape index (κ3) is 5.30. The number of thioether (sulfide) groups is 1. The van der Waals surface area contributed by atoms with E-state index in [1.165, 1.54) is 24.0 Å². The quantitative estimate of drug-likeness (QED) is 0.782. The summed E-state index contributed by atoms with van der Waals surface area (Å²) in [6.45, 7) is 5.94. The Bertz CT molecular complexity index is 475. The molecular formula is C13H18N2O3S. The SMILES string of the molecule is CCC(C)(C)NC(=O)CSc1ccnc(C(=O)O)c1. The fourth-order valence-electron chi connectivity index (χ4n) is 1.27. The van der Waals surface area contributed by atoms with Crippen LogP contribution in [0.25, 0.3) is 0 Å². The average molecular weight is 282 g/mol. The Hall–Kier alpha value is -1.56. The molecule has 0 aromatic carbocycles. The number of nitrogens with zero attached hydrogens (tertiary/aromatic N) is 1. The van der Waals surface area contributed by atoms with E-state index in [-0.39, 0.29) is 22.9 Å². The molecule has 0 aliphatic heterocycles. The van der Waals surface area contributed by atoms with E-state index in [1.807, 2.05) is 20.8 Å². The lowest BCUT2D eigenvalue weighted by atomic mass is 10.0. The summed E-state index contributed by atoms with van der Waals surface area (Å²) in [4.78, 5) is 27.0. The van der Waals surface area contributed by atoms with E-state index in [0.717, 1.165) is 11.3 Å². The summed E-state index contributed by atoms with van der Waals surface area (Å²) in [5, 5.41) is 11.7. The molecule has 2 N–H and O–H groups in total. The van der Waals surface area contributed by atoms with Gasteiger partial charge in [0.05, 0.1) is 5.75 Å². The zero-order chi connectivity index (χ0) is 14.5. The topological polar surface area (TPSA) is 79.3 Å². The Balaban J connectivity index is 2.55. The van der Waals surface area contributed by atoms with Crippen molar-refractivity contribution in [3.63, 3.8) is 0 Å². The van der Waals surface area contributed by atoms with Crippen LogP contribution in [0.4, 0.5) is 0 Å². The first-order valence-electron chi connectivity index (χ1n) is 5.97. The van der Waals surface area contributed by atoms with Gasteiger partial charge in [0, 0.05) is 16.6 Å². The van der Waals surface area contributed by atoms with Crippen molar-refractivity contribution in [1.82, 2.24) is 10.3 Å². The zero-order valence-corrected chi connectivity index (χ0v) is 12.1. The molecule has 1 amide bonds. The van der Waals surface area contributed by atoms with E-state index in [1.54, 1.807) is 6.07 Å². The molecule has 1 heterocycles. The van der Waals surface area contributed by atoms with Crippen LogP contribution < -0.4 is 5.32 Å². The van der Waals surface area contributed by atoms with E-state index in [4.69, 9.17) is 5.11 Å². The number of carbonyl (C=O) groups excluding carboxylic acids is 1. The summed E-state index contributed by atoms with van der Waals surface area (Å²) in [5.74, 6) is -0.878. The molecule has 0 aliphatic carbocycles. The Morgan fingerprint density at radius 2 is 2.16 bits per heavy atom. The number of rotatable bonds is 6. The fraction of sp³-hybridized carbons (Fsp3) is 0.462. The molecule has 5 nitrogen and oxygen atoms in total. The number of carbonyl (C=O) groups is 2. The number of pyridine rings is 1. The summed E-state index contributed by atoms with van der Waals surface area (Å²) < 4.78 is 0. The van der Waals surface area contributed by atoms with Gasteiger partial charge in [-0.05, 0) is 32.4 Å². The highest BCUT2D eigenvalue weighted by molar-refractivity contribution is 8.00. The van der Waals surface area contributed by atoms with Gasteiger partial charge in [0.15, 0.2) is 0 Å². The predicted octanol–water partition coefficient (Wildman–Crippen LogP) is 2.18. The van der Waals surface area contributed by atoms with E-state index in [9.17, 15) is 9.59 Å². The van der Waals surface area contributed by atoms with Gasteiger partial charge >= 0.3 is 5.97 Å². The van der Waals surface area contributed by atoms with Crippen molar-refractivity contribution in [2.75, 3.05) is 5.75 Å². The predicted molar refractivity (Wildman–Crippen MR) is 74.4 cm³/mol. The van der Waals surface area contributed by atoms with Crippen molar-refractivity contribution < 1.29 is 14.7 Å². The van der Waals surface area contributed by atoms with Gasteiger partial charge in [0.25, 0.3) is 0 Å². The minimum Gasteiger partial charge on any atom is -0.477 e. The Labute approximate surface area is 116 Å². The van der Waals surface area contributed by atoms with Crippen molar-refractivity contribution in [1.29, 1.82) is 0 Å². The molecule has 104 valence electrons. The second kappa shape index (κ2) is 6.56. The van der Waals surface area contributed by atoms with Gasteiger partial charge in [-0.2, -0.15) is 0 Å². The molecule has 6 heteroatoms. The van der Waals surface area contributed by atoms with Crippen molar-refractivity contribution in [3.05, 3.63) is 24.0 Å². The van der Waals surface area contributed by atoms with Gasteiger partial charge < -0.3 is 10.4 Å². The van der Waals surface area contributed by atoms with Crippen LogP contribution in [0.3, 0.4) is 0 Å². The number of carboxylic acid groups (broad SMARTS) is 1. The number of amides is 1. The molecule has 1 aromatic heterocycles. The van der Waals surface area contributed by atoms with Crippen molar-refractivity contribution in [2.24, 2.45) is 0 Å². The Morgan fingerprint density at radius 3 is 2.74 bits per heavy atom.